The van der Waals surface area contributed by atoms with Crippen LogP contribution in [0.3, 0.4) is 0 Å². The Hall–Kier alpha value is -3.95. The largest absolute Gasteiger partial charge is 0.454 e. The number of nitrogens with zero attached hydrogens (tertiary/aromatic N) is 6. The van der Waals surface area contributed by atoms with Gasteiger partial charge in [-0.2, -0.15) is 5.10 Å². The van der Waals surface area contributed by atoms with Gasteiger partial charge in [0.15, 0.2) is 11.4 Å². The summed E-state index contributed by atoms with van der Waals surface area (Å²) in [6.07, 6.45) is 6.68. The molecule has 0 saturated carbocycles. The van der Waals surface area contributed by atoms with Crippen molar-refractivity contribution >= 4 is 17.4 Å². The van der Waals surface area contributed by atoms with Gasteiger partial charge in [0, 0.05) is 12.1 Å². The van der Waals surface area contributed by atoms with Crippen molar-refractivity contribution in [2.75, 3.05) is 5.32 Å². The maximum Gasteiger partial charge on any atom is 0.275 e. The average molecular weight is 351 g/mol. The predicted octanol–water partition coefficient (Wildman–Crippen LogP) is 2.10. The zero-order valence-corrected chi connectivity index (χ0v) is 13.1. The summed E-state index contributed by atoms with van der Waals surface area (Å²) < 4.78 is 20.0. The number of hydrogen-bond acceptors (Lipinski definition) is 7. The molecular weight excluding hydrogens is 341 g/mol. The summed E-state index contributed by atoms with van der Waals surface area (Å²) in [7, 11) is 0. The van der Waals surface area contributed by atoms with Gasteiger partial charge in [0.1, 0.15) is 35.7 Å². The molecule has 0 aliphatic carbocycles. The quantitative estimate of drug-likeness (QED) is 0.600. The smallest absolute Gasteiger partial charge is 0.275 e. The highest BCUT2D eigenvalue weighted by Gasteiger charge is 2.15. The van der Waals surface area contributed by atoms with E-state index in [-0.39, 0.29) is 11.5 Å². The SMILES string of the molecule is O=C(Nc1ccc(F)cn1)c1cc(Oc2cncnc2)cc2ncnn12. The van der Waals surface area contributed by atoms with Gasteiger partial charge in [0.25, 0.3) is 5.91 Å². The standard InChI is InChI=1S/C16H10FN7O2/c17-10-1-2-14(20-5-10)23-16(25)13-3-11(4-15-21-9-22-24(13)15)26-12-6-18-8-19-7-12/h1-9H,(H,20,23,25). The van der Waals surface area contributed by atoms with Crippen LogP contribution in [0.1, 0.15) is 10.5 Å². The summed E-state index contributed by atoms with van der Waals surface area (Å²) in [5, 5.41) is 6.60. The molecule has 4 rings (SSSR count). The molecule has 0 saturated heterocycles. The van der Waals surface area contributed by atoms with Crippen LogP contribution in [0.15, 0.2) is 55.5 Å². The van der Waals surface area contributed by atoms with E-state index in [2.05, 4.69) is 30.4 Å². The van der Waals surface area contributed by atoms with Gasteiger partial charge in [-0.05, 0) is 12.1 Å². The van der Waals surface area contributed by atoms with E-state index in [1.807, 2.05) is 0 Å². The summed E-state index contributed by atoms with van der Waals surface area (Å²) in [5.74, 6) is -0.0376. The van der Waals surface area contributed by atoms with Crippen molar-refractivity contribution < 1.29 is 13.9 Å². The fourth-order valence-corrected chi connectivity index (χ4v) is 2.22. The lowest BCUT2D eigenvalue weighted by Gasteiger charge is -2.09. The number of rotatable bonds is 4. The van der Waals surface area contributed by atoms with Crippen molar-refractivity contribution in [2.24, 2.45) is 0 Å². The number of anilines is 1. The Balaban J connectivity index is 1.67. The number of amides is 1. The minimum Gasteiger partial charge on any atom is -0.454 e. The minimum atomic E-state index is -0.505. The van der Waals surface area contributed by atoms with Gasteiger partial charge < -0.3 is 10.1 Å². The topological polar surface area (TPSA) is 107 Å². The first kappa shape index (κ1) is 15.6. The number of fused-ring (bicyclic) bond motifs is 1. The Bertz CT molecular complexity index is 1070. The van der Waals surface area contributed by atoms with Gasteiger partial charge in [-0.1, -0.05) is 0 Å². The van der Waals surface area contributed by atoms with Crippen molar-refractivity contribution in [1.29, 1.82) is 0 Å². The second-order valence-corrected chi connectivity index (χ2v) is 5.10. The van der Waals surface area contributed by atoms with Crippen LogP contribution >= 0.6 is 0 Å². The van der Waals surface area contributed by atoms with Crippen LogP contribution < -0.4 is 10.1 Å². The van der Waals surface area contributed by atoms with Gasteiger partial charge >= 0.3 is 0 Å². The first-order valence-electron chi connectivity index (χ1n) is 7.38. The molecule has 0 unspecified atom stereocenters. The minimum absolute atomic E-state index is 0.165. The van der Waals surface area contributed by atoms with Gasteiger partial charge in [-0.3, -0.25) is 4.79 Å². The molecule has 0 bridgehead atoms. The highest BCUT2D eigenvalue weighted by atomic mass is 19.1. The summed E-state index contributed by atoms with van der Waals surface area (Å²) in [6.45, 7) is 0. The molecule has 0 spiro atoms. The van der Waals surface area contributed by atoms with Crippen LogP contribution in [0, 0.1) is 5.82 Å². The molecule has 4 aromatic rings. The fraction of sp³-hybridized carbons (Fsp3) is 0. The molecule has 4 heterocycles. The summed E-state index contributed by atoms with van der Waals surface area (Å²) in [4.78, 5) is 28.2. The molecule has 0 aliphatic heterocycles. The maximum absolute atomic E-state index is 12.9. The number of ether oxygens (including phenoxy) is 1. The third-order valence-corrected chi connectivity index (χ3v) is 3.33. The highest BCUT2D eigenvalue weighted by Crippen LogP contribution is 2.23. The normalized spacial score (nSPS) is 10.7. The van der Waals surface area contributed by atoms with Crippen molar-refractivity contribution in [1.82, 2.24) is 29.5 Å². The third-order valence-electron chi connectivity index (χ3n) is 3.33. The molecule has 9 nitrogen and oxygen atoms in total. The highest BCUT2D eigenvalue weighted by molar-refractivity contribution is 6.03. The van der Waals surface area contributed by atoms with Gasteiger partial charge in [-0.15, -0.1) is 0 Å². The fourth-order valence-electron chi connectivity index (χ4n) is 2.22. The van der Waals surface area contributed by atoms with E-state index in [0.717, 1.165) is 6.20 Å². The Morgan fingerprint density at radius 2 is 1.88 bits per heavy atom. The molecule has 4 aromatic heterocycles. The number of aromatic nitrogens is 6. The molecule has 0 fully saturated rings. The van der Waals surface area contributed by atoms with E-state index in [9.17, 15) is 9.18 Å². The molecule has 0 aliphatic rings. The lowest BCUT2D eigenvalue weighted by atomic mass is 10.3. The molecule has 1 amide bonds. The average Bonchev–Trinajstić information content (AvgIpc) is 3.12. The maximum atomic E-state index is 12.9. The second kappa shape index (κ2) is 6.51. The van der Waals surface area contributed by atoms with Gasteiger partial charge in [0.2, 0.25) is 0 Å². The van der Waals surface area contributed by atoms with E-state index in [4.69, 9.17) is 4.74 Å². The number of carbonyl (C=O) groups is 1. The number of carbonyl (C=O) groups excluding carboxylic acids is 1. The second-order valence-electron chi connectivity index (χ2n) is 5.10. The third kappa shape index (κ3) is 3.15. The zero-order chi connectivity index (χ0) is 17.9. The van der Waals surface area contributed by atoms with Gasteiger partial charge in [0.05, 0.1) is 18.6 Å². The first-order valence-corrected chi connectivity index (χ1v) is 7.38. The molecule has 0 atom stereocenters. The number of pyridine rings is 2. The summed E-state index contributed by atoms with van der Waals surface area (Å²) in [5.41, 5.74) is 0.578. The molecule has 128 valence electrons. The van der Waals surface area contributed by atoms with Gasteiger partial charge in [-0.25, -0.2) is 28.8 Å². The monoisotopic (exact) mass is 351 g/mol. The molecule has 0 aromatic carbocycles. The lowest BCUT2D eigenvalue weighted by molar-refractivity contribution is 0.101. The van der Waals surface area contributed by atoms with E-state index in [1.165, 1.54) is 47.8 Å². The van der Waals surface area contributed by atoms with E-state index >= 15 is 0 Å². The van der Waals surface area contributed by atoms with E-state index in [1.54, 1.807) is 6.07 Å². The number of nitrogens with one attached hydrogen (secondary N) is 1. The molecule has 0 radical (unpaired) electrons. The van der Waals surface area contributed by atoms with Crippen LogP contribution in [-0.4, -0.2) is 35.5 Å². The van der Waals surface area contributed by atoms with Crippen LogP contribution in [-0.2, 0) is 0 Å². The molecule has 26 heavy (non-hydrogen) atoms. The Morgan fingerprint density at radius 3 is 2.65 bits per heavy atom. The Morgan fingerprint density at radius 1 is 1.04 bits per heavy atom. The number of halogens is 1. The Kier molecular flexibility index (Phi) is 3.90. The Labute approximate surface area is 145 Å². The zero-order valence-electron chi connectivity index (χ0n) is 13.1. The van der Waals surface area contributed by atoms with Crippen LogP contribution in [0.4, 0.5) is 10.2 Å². The van der Waals surface area contributed by atoms with E-state index < -0.39 is 11.7 Å². The van der Waals surface area contributed by atoms with Crippen LogP contribution in [0.2, 0.25) is 0 Å². The first-order chi connectivity index (χ1) is 12.7. The van der Waals surface area contributed by atoms with Crippen LogP contribution in [0.25, 0.3) is 5.65 Å². The van der Waals surface area contributed by atoms with Crippen molar-refractivity contribution in [2.45, 2.75) is 0 Å². The van der Waals surface area contributed by atoms with Crippen molar-refractivity contribution in [3.05, 3.63) is 67.0 Å². The van der Waals surface area contributed by atoms with Crippen LogP contribution in [0.5, 0.6) is 11.5 Å². The van der Waals surface area contributed by atoms with Crippen molar-refractivity contribution in [3.8, 4) is 11.5 Å². The number of hydrogen-bond donors (Lipinski definition) is 1. The van der Waals surface area contributed by atoms with Crippen molar-refractivity contribution in [3.63, 3.8) is 0 Å². The molecule has 10 heteroatoms. The van der Waals surface area contributed by atoms with E-state index in [0.29, 0.717) is 17.1 Å². The predicted molar refractivity (Wildman–Crippen MR) is 87.2 cm³/mol. The lowest BCUT2D eigenvalue weighted by Crippen LogP contribution is -2.17. The summed E-state index contributed by atoms with van der Waals surface area (Å²) >= 11 is 0. The molecular formula is C16H10FN7O2. The molecule has 1 N–H and O–H groups in total. The summed E-state index contributed by atoms with van der Waals surface area (Å²) in [6, 6.07) is 5.66.